The van der Waals surface area contributed by atoms with Gasteiger partial charge in [0, 0.05) is 30.0 Å². The van der Waals surface area contributed by atoms with Crippen molar-refractivity contribution in [2.75, 3.05) is 25.5 Å². The third-order valence-corrected chi connectivity index (χ3v) is 6.88. The molecular weight excluding hydrogens is 418 g/mol. The molecule has 0 fully saturated rings. The van der Waals surface area contributed by atoms with Gasteiger partial charge in [0.15, 0.2) is 5.82 Å². The van der Waals surface area contributed by atoms with Crippen LogP contribution in [0.2, 0.25) is 0 Å². The molecule has 0 spiro atoms. The van der Waals surface area contributed by atoms with E-state index >= 15 is 0 Å². The molecule has 0 amide bonds. The van der Waals surface area contributed by atoms with Crippen molar-refractivity contribution >= 4 is 27.4 Å². The van der Waals surface area contributed by atoms with E-state index < -0.39 is 0 Å². The van der Waals surface area contributed by atoms with Gasteiger partial charge in [-0.3, -0.25) is 0 Å². The van der Waals surface area contributed by atoms with Crippen molar-refractivity contribution in [2.24, 2.45) is 0 Å². The molecular formula is C24H29N7S. The maximum atomic E-state index is 5.11. The fourth-order valence-corrected chi connectivity index (χ4v) is 5.44. The van der Waals surface area contributed by atoms with Gasteiger partial charge in [-0.1, -0.05) is 44.2 Å². The zero-order valence-electron chi connectivity index (χ0n) is 19.3. The minimum absolute atomic E-state index is 0.0811. The topological polar surface area (TPSA) is 63.0 Å². The lowest BCUT2D eigenvalue weighted by Gasteiger charge is -2.35. The first kappa shape index (κ1) is 21.0. The van der Waals surface area contributed by atoms with E-state index in [-0.39, 0.29) is 6.04 Å². The summed E-state index contributed by atoms with van der Waals surface area (Å²) in [5.41, 5.74) is 2.39. The van der Waals surface area contributed by atoms with Crippen molar-refractivity contribution in [3.63, 3.8) is 0 Å². The van der Waals surface area contributed by atoms with Crippen molar-refractivity contribution in [1.82, 2.24) is 29.6 Å². The van der Waals surface area contributed by atoms with Crippen molar-refractivity contribution < 1.29 is 0 Å². The van der Waals surface area contributed by atoms with Crippen LogP contribution in [-0.2, 0) is 13.1 Å². The van der Waals surface area contributed by atoms with Crippen LogP contribution in [-0.4, -0.2) is 50.3 Å². The van der Waals surface area contributed by atoms with Gasteiger partial charge in [-0.05, 0) is 26.6 Å². The Balaban J connectivity index is 1.67. The molecule has 5 rings (SSSR count). The lowest BCUT2D eigenvalue weighted by Crippen LogP contribution is -2.38. The fraction of sp³-hybridized carbons (Fsp3) is 0.417. The standard InChI is InChI=1S/C24H29N7S/c1-15(2)21-27-28-22-16(3)30(11-12-31(21)22)23-20-18(17-9-7-6-8-10-17)14-32-24(20)26-19(25-23)13-29(4)5/h6-10,14-16H,11-13H2,1-5H3. The summed E-state index contributed by atoms with van der Waals surface area (Å²) in [7, 11) is 4.10. The molecule has 0 saturated heterocycles. The largest absolute Gasteiger partial charge is 0.344 e. The van der Waals surface area contributed by atoms with Crippen LogP contribution in [0.5, 0.6) is 0 Å². The highest BCUT2D eigenvalue weighted by Crippen LogP contribution is 2.41. The Hall–Kier alpha value is -2.84. The van der Waals surface area contributed by atoms with Gasteiger partial charge in [-0.15, -0.1) is 21.5 Å². The molecule has 0 radical (unpaired) electrons. The van der Waals surface area contributed by atoms with Crippen LogP contribution in [0.4, 0.5) is 5.82 Å². The highest BCUT2D eigenvalue weighted by Gasteiger charge is 2.32. The molecule has 4 aromatic rings. The number of fused-ring (bicyclic) bond motifs is 2. The fourth-order valence-electron chi connectivity index (χ4n) is 4.48. The molecule has 1 unspecified atom stereocenters. The molecule has 0 saturated carbocycles. The van der Waals surface area contributed by atoms with Gasteiger partial charge in [0.1, 0.15) is 22.3 Å². The third-order valence-electron chi connectivity index (χ3n) is 6.01. The summed E-state index contributed by atoms with van der Waals surface area (Å²) in [4.78, 5) is 15.6. The van der Waals surface area contributed by atoms with Crippen LogP contribution in [0.3, 0.4) is 0 Å². The summed E-state index contributed by atoms with van der Waals surface area (Å²) in [6, 6.07) is 10.6. The third kappa shape index (κ3) is 3.57. The van der Waals surface area contributed by atoms with E-state index in [1.807, 2.05) is 0 Å². The van der Waals surface area contributed by atoms with Gasteiger partial charge in [0.25, 0.3) is 0 Å². The molecule has 4 heterocycles. The molecule has 1 aromatic carbocycles. The van der Waals surface area contributed by atoms with Gasteiger partial charge >= 0.3 is 0 Å². The number of aromatic nitrogens is 5. The number of rotatable bonds is 5. The average molecular weight is 448 g/mol. The lowest BCUT2D eigenvalue weighted by molar-refractivity contribution is 0.390. The number of nitrogens with zero attached hydrogens (tertiary/aromatic N) is 7. The maximum absolute atomic E-state index is 5.11. The number of hydrogen-bond acceptors (Lipinski definition) is 7. The van der Waals surface area contributed by atoms with E-state index in [9.17, 15) is 0 Å². The summed E-state index contributed by atoms with van der Waals surface area (Å²) in [5, 5.41) is 12.4. The van der Waals surface area contributed by atoms with Crippen molar-refractivity contribution in [1.29, 1.82) is 0 Å². The Morgan fingerprint density at radius 2 is 1.88 bits per heavy atom. The summed E-state index contributed by atoms with van der Waals surface area (Å²) in [6.45, 7) is 8.99. The van der Waals surface area contributed by atoms with Crippen molar-refractivity contribution in [3.8, 4) is 11.1 Å². The first-order valence-electron chi connectivity index (χ1n) is 11.1. The van der Waals surface area contributed by atoms with E-state index in [4.69, 9.17) is 9.97 Å². The van der Waals surface area contributed by atoms with Crippen LogP contribution in [0.15, 0.2) is 35.7 Å². The van der Waals surface area contributed by atoms with Gasteiger partial charge in [-0.25, -0.2) is 9.97 Å². The van der Waals surface area contributed by atoms with Crippen LogP contribution in [0.25, 0.3) is 21.3 Å². The smallest absolute Gasteiger partial charge is 0.155 e. The second kappa shape index (κ2) is 8.26. The summed E-state index contributed by atoms with van der Waals surface area (Å²) >= 11 is 1.69. The van der Waals surface area contributed by atoms with Crippen LogP contribution >= 0.6 is 11.3 Å². The Labute approximate surface area is 192 Å². The quantitative estimate of drug-likeness (QED) is 0.441. The summed E-state index contributed by atoms with van der Waals surface area (Å²) in [6.07, 6.45) is 0. The monoisotopic (exact) mass is 447 g/mol. The zero-order valence-corrected chi connectivity index (χ0v) is 20.1. The molecule has 32 heavy (non-hydrogen) atoms. The highest BCUT2D eigenvalue weighted by molar-refractivity contribution is 7.17. The number of anilines is 1. The second-order valence-corrected chi connectivity index (χ2v) is 9.85. The highest BCUT2D eigenvalue weighted by atomic mass is 32.1. The molecule has 1 aliphatic rings. The van der Waals surface area contributed by atoms with E-state index in [0.717, 1.165) is 46.6 Å². The minimum Gasteiger partial charge on any atom is -0.344 e. The van der Waals surface area contributed by atoms with Gasteiger partial charge in [-0.2, -0.15) is 0 Å². The first-order valence-corrected chi connectivity index (χ1v) is 12.0. The molecule has 1 aliphatic heterocycles. The Kier molecular flexibility index (Phi) is 5.43. The van der Waals surface area contributed by atoms with E-state index in [1.165, 1.54) is 11.1 Å². The van der Waals surface area contributed by atoms with E-state index in [2.05, 4.69) is 95.1 Å². The maximum Gasteiger partial charge on any atom is 0.155 e. The summed E-state index contributed by atoms with van der Waals surface area (Å²) < 4.78 is 2.29. The predicted molar refractivity (Wildman–Crippen MR) is 130 cm³/mol. The first-order chi connectivity index (χ1) is 15.4. The van der Waals surface area contributed by atoms with E-state index in [0.29, 0.717) is 12.5 Å². The Morgan fingerprint density at radius 3 is 2.59 bits per heavy atom. The number of hydrogen-bond donors (Lipinski definition) is 0. The SMILES string of the molecule is CC(C)c1nnc2n1CCN(c1nc(CN(C)C)nc3scc(-c4ccccc4)c13)C2C. The number of benzene rings is 1. The molecule has 0 bridgehead atoms. The molecule has 3 aromatic heterocycles. The minimum atomic E-state index is 0.0811. The second-order valence-electron chi connectivity index (χ2n) is 8.99. The Morgan fingerprint density at radius 1 is 1.09 bits per heavy atom. The van der Waals surface area contributed by atoms with Crippen molar-refractivity contribution in [2.45, 2.75) is 45.8 Å². The van der Waals surface area contributed by atoms with Crippen molar-refractivity contribution in [3.05, 3.63) is 53.2 Å². The van der Waals surface area contributed by atoms with Crippen LogP contribution in [0, 0.1) is 0 Å². The van der Waals surface area contributed by atoms with E-state index in [1.54, 1.807) is 11.3 Å². The molecule has 0 aliphatic carbocycles. The van der Waals surface area contributed by atoms with Crippen LogP contribution < -0.4 is 4.90 Å². The number of thiophene rings is 1. The predicted octanol–water partition coefficient (Wildman–Crippen LogP) is 4.72. The lowest BCUT2D eigenvalue weighted by atomic mass is 10.0. The molecule has 7 nitrogen and oxygen atoms in total. The van der Waals surface area contributed by atoms with Gasteiger partial charge in [0.05, 0.1) is 18.0 Å². The average Bonchev–Trinajstić information content (AvgIpc) is 3.39. The molecule has 8 heteroatoms. The molecule has 0 N–H and O–H groups in total. The normalized spacial score (nSPS) is 16.3. The molecule has 1 atom stereocenters. The van der Waals surface area contributed by atoms with Crippen LogP contribution in [0.1, 0.15) is 50.2 Å². The zero-order chi connectivity index (χ0) is 22.4. The van der Waals surface area contributed by atoms with Gasteiger partial charge < -0.3 is 14.4 Å². The summed E-state index contributed by atoms with van der Waals surface area (Å²) in [5.74, 6) is 4.28. The molecule has 166 valence electrons. The van der Waals surface area contributed by atoms with Gasteiger partial charge in [0.2, 0.25) is 0 Å². The Bertz CT molecular complexity index is 1240.